The number of nitrogens with one attached hydrogen (secondary N) is 1. The van der Waals surface area contributed by atoms with E-state index in [9.17, 15) is 0 Å². The third kappa shape index (κ3) is 2.92. The number of hydrogen-bond acceptors (Lipinski definition) is 5. The lowest BCUT2D eigenvalue weighted by atomic mass is 10.1. The normalized spacial score (nSPS) is 15.0. The van der Waals surface area contributed by atoms with Crippen LogP contribution in [0.2, 0.25) is 0 Å². The Kier molecular flexibility index (Phi) is 3.97. The highest BCUT2D eigenvalue weighted by Gasteiger charge is 2.22. The Labute approximate surface area is 165 Å². The second-order valence-electron chi connectivity index (χ2n) is 6.87. The standard InChI is InChI=1S/C20H19BrN6/c1-13-10-14(21)11-15-18(13)22-12-23-19(15)26-6-8-27(9-7-26)20-24-16-4-2-3-5-17(16)25-20/h2-5,10-12H,6-9H2,1H3,(H,24,25). The van der Waals surface area contributed by atoms with Gasteiger partial charge < -0.3 is 14.8 Å². The van der Waals surface area contributed by atoms with E-state index < -0.39 is 0 Å². The second-order valence-corrected chi connectivity index (χ2v) is 7.78. The summed E-state index contributed by atoms with van der Waals surface area (Å²) in [6, 6.07) is 12.4. The van der Waals surface area contributed by atoms with Crippen molar-refractivity contribution in [2.75, 3.05) is 36.0 Å². The first-order valence-corrected chi connectivity index (χ1v) is 9.84. The first-order valence-electron chi connectivity index (χ1n) is 9.04. The van der Waals surface area contributed by atoms with Gasteiger partial charge in [-0.1, -0.05) is 28.1 Å². The van der Waals surface area contributed by atoms with E-state index in [1.807, 2.05) is 18.2 Å². The minimum absolute atomic E-state index is 0.898. The van der Waals surface area contributed by atoms with Gasteiger partial charge in [0, 0.05) is 36.0 Å². The molecule has 1 aliphatic rings. The molecule has 27 heavy (non-hydrogen) atoms. The summed E-state index contributed by atoms with van der Waals surface area (Å²) < 4.78 is 1.06. The number of aryl methyl sites for hydroxylation is 1. The largest absolute Gasteiger partial charge is 0.352 e. The number of imidazole rings is 1. The van der Waals surface area contributed by atoms with Gasteiger partial charge in [-0.25, -0.2) is 15.0 Å². The minimum atomic E-state index is 0.898. The van der Waals surface area contributed by atoms with Crippen molar-refractivity contribution in [2.45, 2.75) is 6.92 Å². The smallest absolute Gasteiger partial charge is 0.203 e. The maximum atomic E-state index is 4.73. The summed E-state index contributed by atoms with van der Waals surface area (Å²) in [7, 11) is 0. The summed E-state index contributed by atoms with van der Waals surface area (Å²) in [4.78, 5) is 21.9. The van der Waals surface area contributed by atoms with E-state index in [1.165, 1.54) is 0 Å². The average Bonchev–Trinajstić information content (AvgIpc) is 3.12. The van der Waals surface area contributed by atoms with Crippen molar-refractivity contribution < 1.29 is 0 Å². The first-order chi connectivity index (χ1) is 13.2. The Hall–Kier alpha value is -2.67. The number of para-hydroxylation sites is 2. The molecule has 6 nitrogen and oxygen atoms in total. The molecule has 1 aliphatic heterocycles. The summed E-state index contributed by atoms with van der Waals surface area (Å²) in [5.41, 5.74) is 4.26. The van der Waals surface area contributed by atoms with E-state index in [0.29, 0.717) is 0 Å². The summed E-state index contributed by atoms with van der Waals surface area (Å²) in [5, 5.41) is 1.10. The number of nitrogens with zero attached hydrogens (tertiary/aromatic N) is 5. The van der Waals surface area contributed by atoms with Gasteiger partial charge in [0.2, 0.25) is 5.95 Å². The van der Waals surface area contributed by atoms with Gasteiger partial charge in [-0.2, -0.15) is 0 Å². The van der Waals surface area contributed by atoms with E-state index in [2.05, 4.69) is 65.8 Å². The van der Waals surface area contributed by atoms with Gasteiger partial charge in [0.15, 0.2) is 0 Å². The fraction of sp³-hybridized carbons (Fsp3) is 0.250. The van der Waals surface area contributed by atoms with Crippen molar-refractivity contribution in [1.29, 1.82) is 0 Å². The molecule has 7 heteroatoms. The number of piperazine rings is 1. The molecule has 4 aromatic rings. The van der Waals surface area contributed by atoms with E-state index in [0.717, 1.165) is 69.9 Å². The number of hydrogen-bond donors (Lipinski definition) is 1. The molecule has 0 aliphatic carbocycles. The predicted octanol–water partition coefficient (Wildman–Crippen LogP) is 3.90. The van der Waals surface area contributed by atoms with Crippen LogP contribution in [0.25, 0.3) is 21.9 Å². The van der Waals surface area contributed by atoms with Gasteiger partial charge in [-0.15, -0.1) is 0 Å². The van der Waals surface area contributed by atoms with Crippen LogP contribution in [-0.4, -0.2) is 46.1 Å². The molecule has 5 rings (SSSR count). The summed E-state index contributed by atoms with van der Waals surface area (Å²) >= 11 is 3.60. The van der Waals surface area contributed by atoms with Crippen molar-refractivity contribution in [3.63, 3.8) is 0 Å². The SMILES string of the molecule is Cc1cc(Br)cc2c(N3CCN(c4nc5ccccc5[nH]4)CC3)ncnc12. The van der Waals surface area contributed by atoms with Crippen LogP contribution in [0.15, 0.2) is 47.2 Å². The van der Waals surface area contributed by atoms with Crippen LogP contribution in [0.4, 0.5) is 11.8 Å². The van der Waals surface area contributed by atoms with Crippen LogP contribution >= 0.6 is 15.9 Å². The molecule has 0 atom stereocenters. The molecule has 0 amide bonds. The highest BCUT2D eigenvalue weighted by molar-refractivity contribution is 9.10. The van der Waals surface area contributed by atoms with Crippen molar-refractivity contribution in [3.8, 4) is 0 Å². The van der Waals surface area contributed by atoms with Gasteiger partial charge in [-0.05, 0) is 36.8 Å². The third-order valence-electron chi connectivity index (χ3n) is 5.13. The number of aromatic amines is 1. The van der Waals surface area contributed by atoms with Gasteiger partial charge in [0.1, 0.15) is 12.1 Å². The van der Waals surface area contributed by atoms with Gasteiger partial charge in [-0.3, -0.25) is 0 Å². The topological polar surface area (TPSA) is 60.9 Å². The molecule has 2 aromatic heterocycles. The minimum Gasteiger partial charge on any atom is -0.352 e. The quantitative estimate of drug-likeness (QED) is 0.530. The third-order valence-corrected chi connectivity index (χ3v) is 5.59. The number of halogens is 1. The number of anilines is 2. The highest BCUT2D eigenvalue weighted by Crippen LogP contribution is 2.29. The Morgan fingerprint density at radius 2 is 1.78 bits per heavy atom. The van der Waals surface area contributed by atoms with Crippen LogP contribution in [-0.2, 0) is 0 Å². The molecule has 136 valence electrons. The molecule has 0 radical (unpaired) electrons. The molecule has 1 fully saturated rings. The van der Waals surface area contributed by atoms with Crippen molar-refractivity contribution in [2.24, 2.45) is 0 Å². The molecule has 1 N–H and O–H groups in total. The Bertz CT molecular complexity index is 1100. The van der Waals surface area contributed by atoms with Gasteiger partial charge in [0.05, 0.1) is 16.6 Å². The number of H-pyrrole nitrogens is 1. The summed E-state index contributed by atoms with van der Waals surface area (Å²) in [6.07, 6.45) is 1.67. The molecule has 0 saturated carbocycles. The molecule has 0 bridgehead atoms. The Morgan fingerprint density at radius 1 is 1.00 bits per heavy atom. The predicted molar refractivity (Wildman–Crippen MR) is 112 cm³/mol. The van der Waals surface area contributed by atoms with E-state index in [-0.39, 0.29) is 0 Å². The number of fused-ring (bicyclic) bond motifs is 2. The lowest BCUT2D eigenvalue weighted by molar-refractivity contribution is 0.639. The molecule has 0 unspecified atom stereocenters. The fourth-order valence-corrected chi connectivity index (χ4v) is 4.33. The monoisotopic (exact) mass is 422 g/mol. The Balaban J connectivity index is 1.41. The molecular weight excluding hydrogens is 404 g/mol. The van der Waals surface area contributed by atoms with Crippen molar-refractivity contribution >= 4 is 49.6 Å². The summed E-state index contributed by atoms with van der Waals surface area (Å²) in [5.74, 6) is 1.95. The van der Waals surface area contributed by atoms with E-state index in [1.54, 1.807) is 6.33 Å². The zero-order valence-electron chi connectivity index (χ0n) is 15.0. The van der Waals surface area contributed by atoms with E-state index >= 15 is 0 Å². The van der Waals surface area contributed by atoms with Crippen LogP contribution in [0.3, 0.4) is 0 Å². The maximum Gasteiger partial charge on any atom is 0.203 e. The number of aromatic nitrogens is 4. The zero-order chi connectivity index (χ0) is 18.4. The number of benzene rings is 2. The zero-order valence-corrected chi connectivity index (χ0v) is 16.6. The lowest BCUT2D eigenvalue weighted by Gasteiger charge is -2.35. The lowest BCUT2D eigenvalue weighted by Crippen LogP contribution is -2.47. The number of rotatable bonds is 2. The van der Waals surface area contributed by atoms with Crippen LogP contribution < -0.4 is 9.80 Å². The second kappa shape index (κ2) is 6.49. The maximum absolute atomic E-state index is 4.73. The summed E-state index contributed by atoms with van der Waals surface area (Å²) in [6.45, 7) is 5.68. The van der Waals surface area contributed by atoms with Crippen LogP contribution in [0, 0.1) is 6.92 Å². The van der Waals surface area contributed by atoms with Crippen LogP contribution in [0.1, 0.15) is 5.56 Å². The van der Waals surface area contributed by atoms with Crippen LogP contribution in [0.5, 0.6) is 0 Å². The van der Waals surface area contributed by atoms with Crippen molar-refractivity contribution in [3.05, 3.63) is 52.8 Å². The van der Waals surface area contributed by atoms with E-state index in [4.69, 9.17) is 4.98 Å². The average molecular weight is 423 g/mol. The Morgan fingerprint density at radius 3 is 2.59 bits per heavy atom. The molecule has 0 spiro atoms. The van der Waals surface area contributed by atoms with Crippen molar-refractivity contribution in [1.82, 2.24) is 19.9 Å². The molecular formula is C20H19BrN6. The molecule has 1 saturated heterocycles. The fourth-order valence-electron chi connectivity index (χ4n) is 3.76. The molecule has 3 heterocycles. The highest BCUT2D eigenvalue weighted by atomic mass is 79.9. The molecule has 2 aromatic carbocycles. The van der Waals surface area contributed by atoms with Gasteiger partial charge in [0.25, 0.3) is 0 Å². The first kappa shape index (κ1) is 16.5. The van der Waals surface area contributed by atoms with Gasteiger partial charge >= 0.3 is 0 Å².